The van der Waals surface area contributed by atoms with Crippen LogP contribution in [0.2, 0.25) is 0 Å². The summed E-state index contributed by atoms with van der Waals surface area (Å²) in [6.45, 7) is 7.67. The first-order valence-corrected chi connectivity index (χ1v) is 10.2. The van der Waals surface area contributed by atoms with E-state index in [0.29, 0.717) is 0 Å². The molecule has 9 heteroatoms. The zero-order valence-corrected chi connectivity index (χ0v) is 13.3. The van der Waals surface area contributed by atoms with Crippen LogP contribution in [0.1, 0.15) is 0 Å². The van der Waals surface area contributed by atoms with Gasteiger partial charge in [0.05, 0.1) is 26.4 Å². The van der Waals surface area contributed by atoms with Crippen molar-refractivity contribution in [1.29, 1.82) is 0 Å². The molecule has 0 spiro atoms. The second-order valence-corrected chi connectivity index (χ2v) is 12.3. The van der Waals surface area contributed by atoms with Crippen LogP contribution in [0.4, 0.5) is 0 Å². The Kier molecular flexibility index (Phi) is 13.7. The van der Waals surface area contributed by atoms with Crippen molar-refractivity contribution in [3.63, 3.8) is 0 Å². The Labute approximate surface area is 122 Å². The molecule has 0 aromatic heterocycles. The van der Waals surface area contributed by atoms with E-state index in [4.69, 9.17) is 49.9 Å². The molecule has 0 aliphatic carbocycles. The van der Waals surface area contributed by atoms with E-state index in [9.17, 15) is 0 Å². The quantitative estimate of drug-likeness (QED) is 0.632. The molecule has 2 saturated heterocycles. The second-order valence-electron chi connectivity index (χ2n) is 2.98. The predicted molar refractivity (Wildman–Crippen MR) is 70.8 cm³/mol. The number of rotatable bonds is 0. The number of hydrogen-bond donors (Lipinski definition) is 2. The number of morpholine rings is 2. The molecule has 2 aliphatic heterocycles. The van der Waals surface area contributed by atoms with Crippen molar-refractivity contribution in [2.24, 2.45) is 0 Å². The summed E-state index contributed by atoms with van der Waals surface area (Å²) in [6, 6.07) is 0. The molecule has 2 fully saturated rings. The van der Waals surface area contributed by atoms with Crippen molar-refractivity contribution in [3.05, 3.63) is 0 Å². The van der Waals surface area contributed by atoms with E-state index in [-0.39, 0.29) is 0 Å². The summed E-state index contributed by atoms with van der Waals surface area (Å²) in [5.74, 6) is 0. The van der Waals surface area contributed by atoms with Crippen LogP contribution in [-0.2, 0) is 18.7 Å². The fourth-order valence-corrected chi connectivity index (χ4v) is 1.03. The molecular formula is C8H18Cl4CuN2O2-2. The predicted octanol–water partition coefficient (Wildman–Crippen LogP) is 1.97. The molecule has 2 heterocycles. The van der Waals surface area contributed by atoms with Crippen LogP contribution in [0.5, 0.6) is 0 Å². The van der Waals surface area contributed by atoms with Gasteiger partial charge in [-0.25, -0.2) is 0 Å². The molecule has 0 aromatic carbocycles. The molecule has 2 N–H and O–H groups in total. The molecule has 0 amide bonds. The summed E-state index contributed by atoms with van der Waals surface area (Å²) in [6.07, 6.45) is 0. The van der Waals surface area contributed by atoms with E-state index in [1.54, 1.807) is 0 Å². The number of hydrogen-bond acceptors (Lipinski definition) is 4. The number of halogens is 4. The van der Waals surface area contributed by atoms with Gasteiger partial charge in [0.2, 0.25) is 0 Å². The Hall–Kier alpha value is 1.52. The van der Waals surface area contributed by atoms with Gasteiger partial charge in [-0.1, -0.05) is 0 Å². The first kappa shape index (κ1) is 18.5. The Bertz CT molecular complexity index is 125. The summed E-state index contributed by atoms with van der Waals surface area (Å²) in [4.78, 5) is 0. The van der Waals surface area contributed by atoms with Gasteiger partial charge < -0.3 is 20.1 Å². The molecular weight excluding hydrogens is 361 g/mol. The van der Waals surface area contributed by atoms with Crippen molar-refractivity contribution in [2.45, 2.75) is 0 Å². The summed E-state index contributed by atoms with van der Waals surface area (Å²) in [5.41, 5.74) is 0. The molecule has 4 nitrogen and oxygen atoms in total. The number of nitrogens with one attached hydrogen (secondary N) is 2. The maximum atomic E-state index is 5.01. The number of ether oxygens (including phenoxy) is 2. The van der Waals surface area contributed by atoms with Gasteiger partial charge in [-0.3, -0.25) is 0 Å². The third-order valence-corrected chi connectivity index (χ3v) is 1.69. The zero-order chi connectivity index (χ0) is 13.0. The minimum atomic E-state index is -2.24. The summed E-state index contributed by atoms with van der Waals surface area (Å²) in [7, 11) is 17.4. The van der Waals surface area contributed by atoms with Crippen LogP contribution in [0, 0.1) is 0 Å². The van der Waals surface area contributed by atoms with Crippen LogP contribution in [-0.4, -0.2) is 52.6 Å². The first-order chi connectivity index (χ1) is 8.00. The van der Waals surface area contributed by atoms with Crippen molar-refractivity contribution in [3.8, 4) is 0 Å². The monoisotopic (exact) mass is 377 g/mol. The van der Waals surface area contributed by atoms with Gasteiger partial charge in [0.15, 0.2) is 0 Å². The zero-order valence-electron chi connectivity index (χ0n) is 9.29. The van der Waals surface area contributed by atoms with Gasteiger partial charge in [-0.05, 0) is 0 Å². The molecule has 0 atom stereocenters. The van der Waals surface area contributed by atoms with E-state index in [0.717, 1.165) is 52.6 Å². The van der Waals surface area contributed by atoms with Crippen LogP contribution < -0.4 is 10.6 Å². The molecule has 0 radical (unpaired) electrons. The van der Waals surface area contributed by atoms with Crippen LogP contribution in [0.25, 0.3) is 0 Å². The van der Waals surface area contributed by atoms with Crippen LogP contribution in [0.15, 0.2) is 0 Å². The van der Waals surface area contributed by atoms with Gasteiger partial charge in [0, 0.05) is 26.2 Å². The minimum absolute atomic E-state index is 0.889. The topological polar surface area (TPSA) is 42.5 Å². The first-order valence-electron chi connectivity index (χ1n) is 5.02. The van der Waals surface area contributed by atoms with E-state index >= 15 is 0 Å². The third-order valence-electron chi connectivity index (χ3n) is 1.69. The maximum absolute atomic E-state index is 5.01. The van der Waals surface area contributed by atoms with Gasteiger partial charge >= 0.3 is 49.6 Å². The molecule has 2 rings (SSSR count). The fraction of sp³-hybridized carbons (Fsp3) is 1.00. The van der Waals surface area contributed by atoms with Crippen LogP contribution in [0.3, 0.4) is 0 Å². The molecule has 2 aliphatic rings. The summed E-state index contributed by atoms with van der Waals surface area (Å²) >= 11 is 0. The van der Waals surface area contributed by atoms with Gasteiger partial charge in [-0.15, -0.1) is 0 Å². The van der Waals surface area contributed by atoms with Crippen molar-refractivity contribution >= 4 is 40.4 Å². The molecule has 0 unspecified atom stereocenters. The Morgan fingerprint density at radius 1 is 0.647 bits per heavy atom. The summed E-state index contributed by atoms with van der Waals surface area (Å²) in [5, 5.41) is 6.32. The molecule has 113 valence electrons. The molecule has 0 aromatic rings. The normalized spacial score (nSPS) is 21.4. The SMILES string of the molecule is C1COCCN1.C1COCCN1.[Cl][Cu-2]([Cl])([Cl])[Cl]. The molecule has 17 heavy (non-hydrogen) atoms. The van der Waals surface area contributed by atoms with Gasteiger partial charge in [0.25, 0.3) is 0 Å². The molecule has 0 saturated carbocycles. The average molecular weight is 380 g/mol. The van der Waals surface area contributed by atoms with Crippen molar-refractivity contribution < 1.29 is 18.7 Å². The van der Waals surface area contributed by atoms with E-state index < -0.39 is 9.20 Å². The van der Waals surface area contributed by atoms with E-state index in [2.05, 4.69) is 10.6 Å². The third kappa shape index (κ3) is 23.1. The summed E-state index contributed by atoms with van der Waals surface area (Å²) < 4.78 is 10.0. The Balaban J connectivity index is 0.000000228. The average Bonchev–Trinajstić information content (AvgIpc) is 2.32. The molecule has 0 bridgehead atoms. The van der Waals surface area contributed by atoms with Crippen molar-refractivity contribution in [1.82, 2.24) is 10.6 Å². The van der Waals surface area contributed by atoms with E-state index in [1.807, 2.05) is 0 Å². The van der Waals surface area contributed by atoms with Gasteiger partial charge in [-0.2, -0.15) is 0 Å². The van der Waals surface area contributed by atoms with Crippen LogP contribution >= 0.6 is 40.4 Å². The van der Waals surface area contributed by atoms with E-state index in [1.165, 1.54) is 0 Å². The Morgan fingerprint density at radius 2 is 0.882 bits per heavy atom. The Morgan fingerprint density at radius 3 is 0.941 bits per heavy atom. The second kappa shape index (κ2) is 12.5. The standard InChI is InChI=1S/2C4H9NO.4ClH.Cu/c2*1-3-6-4-2-5-1;;;;;/h2*5H,1-4H2;4*1H;/q;;;;;;+2/p-4. The fourth-order valence-electron chi connectivity index (χ4n) is 1.03. The van der Waals surface area contributed by atoms with Crippen molar-refractivity contribution in [2.75, 3.05) is 52.6 Å². The van der Waals surface area contributed by atoms with Gasteiger partial charge in [0.1, 0.15) is 0 Å².